The Kier molecular flexibility index (Phi) is 3.11. The number of carbonyl (C=O) groups is 2. The molecule has 2 aliphatic rings. The number of aromatic nitrogens is 2. The molecule has 108 valence electrons. The first kappa shape index (κ1) is 13.0. The van der Waals surface area contributed by atoms with Gasteiger partial charge in [0.15, 0.2) is 0 Å². The summed E-state index contributed by atoms with van der Waals surface area (Å²) < 4.78 is 1.64. The van der Waals surface area contributed by atoms with E-state index in [4.69, 9.17) is 5.73 Å². The quantitative estimate of drug-likeness (QED) is 0.796. The van der Waals surface area contributed by atoms with Crippen LogP contribution in [0.1, 0.15) is 32.1 Å². The molecular formula is C13H19N5O2. The van der Waals surface area contributed by atoms with Gasteiger partial charge in [-0.2, -0.15) is 5.10 Å². The van der Waals surface area contributed by atoms with E-state index in [-0.39, 0.29) is 11.9 Å². The molecule has 0 unspecified atom stereocenters. The van der Waals surface area contributed by atoms with Crippen LogP contribution in [0.5, 0.6) is 0 Å². The summed E-state index contributed by atoms with van der Waals surface area (Å²) in [6.07, 6.45) is 6.37. The maximum absolute atomic E-state index is 12.5. The second kappa shape index (κ2) is 4.81. The minimum atomic E-state index is -0.640. The van der Waals surface area contributed by atoms with Crippen molar-refractivity contribution in [2.45, 2.75) is 44.2 Å². The average molecular weight is 277 g/mol. The van der Waals surface area contributed by atoms with Crippen LogP contribution in [0.2, 0.25) is 0 Å². The number of nitrogens with two attached hydrogens (primary N) is 1. The van der Waals surface area contributed by atoms with Gasteiger partial charge in [-0.25, -0.2) is 4.79 Å². The van der Waals surface area contributed by atoms with Crippen LogP contribution in [0, 0.1) is 0 Å². The molecule has 20 heavy (non-hydrogen) atoms. The highest BCUT2D eigenvalue weighted by molar-refractivity contribution is 6.07. The Bertz CT molecular complexity index is 533. The molecule has 1 aliphatic heterocycles. The number of carbonyl (C=O) groups excluding carboxylic acids is 2. The molecule has 1 saturated carbocycles. The Morgan fingerprint density at radius 2 is 2.00 bits per heavy atom. The SMILES string of the molecule is Nc1ccn(CCN2C(=O)NC3(CCCCC3)C2=O)n1. The number of amides is 3. The van der Waals surface area contributed by atoms with E-state index in [1.165, 1.54) is 4.90 Å². The predicted molar refractivity (Wildman–Crippen MR) is 72.7 cm³/mol. The Balaban J connectivity index is 1.67. The van der Waals surface area contributed by atoms with Crippen molar-refractivity contribution in [2.24, 2.45) is 0 Å². The first-order chi connectivity index (χ1) is 9.61. The number of rotatable bonds is 3. The summed E-state index contributed by atoms with van der Waals surface area (Å²) >= 11 is 0. The van der Waals surface area contributed by atoms with Crippen LogP contribution in [0.15, 0.2) is 12.3 Å². The van der Waals surface area contributed by atoms with Crippen LogP contribution in [-0.4, -0.2) is 38.7 Å². The fourth-order valence-corrected chi connectivity index (χ4v) is 3.08. The van der Waals surface area contributed by atoms with Crippen molar-refractivity contribution >= 4 is 17.8 Å². The standard InChI is InChI=1S/C13H19N5O2/c14-10-4-7-17(16-10)8-9-18-11(19)13(15-12(18)20)5-2-1-3-6-13/h4,7H,1-3,5-6,8-9H2,(H2,14,16)(H,15,20). The number of hydrogen-bond donors (Lipinski definition) is 2. The lowest BCUT2D eigenvalue weighted by atomic mass is 9.82. The molecule has 0 bridgehead atoms. The highest BCUT2D eigenvalue weighted by atomic mass is 16.2. The number of anilines is 1. The first-order valence-electron chi connectivity index (χ1n) is 7.04. The molecule has 2 fully saturated rings. The van der Waals surface area contributed by atoms with Gasteiger partial charge in [-0.05, 0) is 18.9 Å². The van der Waals surface area contributed by atoms with Gasteiger partial charge in [-0.15, -0.1) is 0 Å². The van der Waals surface area contributed by atoms with Gasteiger partial charge in [0.05, 0.1) is 13.1 Å². The third kappa shape index (κ3) is 2.13. The van der Waals surface area contributed by atoms with Crippen LogP contribution in [-0.2, 0) is 11.3 Å². The number of nitrogens with one attached hydrogen (secondary N) is 1. The summed E-state index contributed by atoms with van der Waals surface area (Å²) in [6.45, 7) is 0.792. The van der Waals surface area contributed by atoms with E-state index < -0.39 is 5.54 Å². The third-order valence-corrected chi connectivity index (χ3v) is 4.17. The van der Waals surface area contributed by atoms with Gasteiger partial charge in [0.25, 0.3) is 5.91 Å². The first-order valence-corrected chi connectivity index (χ1v) is 7.04. The van der Waals surface area contributed by atoms with E-state index >= 15 is 0 Å². The minimum Gasteiger partial charge on any atom is -0.382 e. The van der Waals surface area contributed by atoms with Crippen LogP contribution < -0.4 is 11.1 Å². The van der Waals surface area contributed by atoms with Gasteiger partial charge in [0, 0.05) is 6.20 Å². The molecule has 2 heterocycles. The molecule has 3 amide bonds. The van der Waals surface area contributed by atoms with Crippen molar-refractivity contribution in [1.29, 1.82) is 0 Å². The van der Waals surface area contributed by atoms with E-state index in [2.05, 4.69) is 10.4 Å². The number of nitrogens with zero attached hydrogens (tertiary/aromatic N) is 3. The molecule has 0 atom stereocenters. The van der Waals surface area contributed by atoms with E-state index in [9.17, 15) is 9.59 Å². The van der Waals surface area contributed by atoms with Crippen molar-refractivity contribution in [1.82, 2.24) is 20.0 Å². The molecule has 3 N–H and O–H groups in total. The number of hydrogen-bond acceptors (Lipinski definition) is 4. The van der Waals surface area contributed by atoms with Gasteiger partial charge in [0.1, 0.15) is 11.4 Å². The normalized spacial score (nSPS) is 21.5. The monoisotopic (exact) mass is 277 g/mol. The fraction of sp³-hybridized carbons (Fsp3) is 0.615. The highest BCUT2D eigenvalue weighted by Gasteiger charge is 2.50. The van der Waals surface area contributed by atoms with Crippen LogP contribution >= 0.6 is 0 Å². The Morgan fingerprint density at radius 1 is 1.25 bits per heavy atom. The zero-order chi connectivity index (χ0) is 14.2. The van der Waals surface area contributed by atoms with Crippen LogP contribution in [0.3, 0.4) is 0 Å². The molecule has 1 aliphatic carbocycles. The second-order valence-corrected chi connectivity index (χ2v) is 5.53. The number of imide groups is 1. The second-order valence-electron chi connectivity index (χ2n) is 5.53. The van der Waals surface area contributed by atoms with Gasteiger partial charge >= 0.3 is 6.03 Å². The van der Waals surface area contributed by atoms with Gasteiger partial charge in [0.2, 0.25) is 0 Å². The Hall–Kier alpha value is -2.05. The number of urea groups is 1. The molecule has 0 radical (unpaired) electrons. The van der Waals surface area contributed by atoms with Crippen LogP contribution in [0.4, 0.5) is 10.6 Å². The maximum Gasteiger partial charge on any atom is 0.325 e. The summed E-state index contributed by atoms with van der Waals surface area (Å²) in [5.41, 5.74) is 4.90. The summed E-state index contributed by atoms with van der Waals surface area (Å²) in [7, 11) is 0. The summed E-state index contributed by atoms with van der Waals surface area (Å²) in [5.74, 6) is 0.355. The summed E-state index contributed by atoms with van der Waals surface area (Å²) in [4.78, 5) is 25.8. The molecule has 1 spiro atoms. The van der Waals surface area contributed by atoms with E-state index in [0.717, 1.165) is 32.1 Å². The van der Waals surface area contributed by atoms with Crippen molar-refractivity contribution in [2.75, 3.05) is 12.3 Å². The molecule has 3 rings (SSSR count). The third-order valence-electron chi connectivity index (χ3n) is 4.17. The molecule has 1 aromatic heterocycles. The highest BCUT2D eigenvalue weighted by Crippen LogP contribution is 2.33. The fourth-order valence-electron chi connectivity index (χ4n) is 3.08. The topological polar surface area (TPSA) is 93.2 Å². The van der Waals surface area contributed by atoms with Gasteiger partial charge < -0.3 is 11.1 Å². The molecule has 7 heteroatoms. The summed E-state index contributed by atoms with van der Waals surface area (Å²) in [5, 5.41) is 6.94. The van der Waals surface area contributed by atoms with E-state index in [0.29, 0.717) is 18.9 Å². The summed E-state index contributed by atoms with van der Waals surface area (Å²) in [6, 6.07) is 1.41. The van der Waals surface area contributed by atoms with E-state index in [1.807, 2.05) is 0 Å². The lowest BCUT2D eigenvalue weighted by Crippen LogP contribution is -2.48. The smallest absolute Gasteiger partial charge is 0.325 e. The van der Waals surface area contributed by atoms with Gasteiger partial charge in [-0.3, -0.25) is 14.4 Å². The van der Waals surface area contributed by atoms with E-state index in [1.54, 1.807) is 16.9 Å². The lowest BCUT2D eigenvalue weighted by Gasteiger charge is -2.30. The lowest BCUT2D eigenvalue weighted by molar-refractivity contribution is -0.132. The molecule has 0 aromatic carbocycles. The average Bonchev–Trinajstić information content (AvgIpc) is 2.93. The molecule has 7 nitrogen and oxygen atoms in total. The van der Waals surface area contributed by atoms with Gasteiger partial charge in [-0.1, -0.05) is 19.3 Å². The van der Waals surface area contributed by atoms with Crippen molar-refractivity contribution in [3.8, 4) is 0 Å². The zero-order valence-corrected chi connectivity index (χ0v) is 11.3. The van der Waals surface area contributed by atoms with Crippen molar-refractivity contribution in [3.05, 3.63) is 12.3 Å². The van der Waals surface area contributed by atoms with Crippen LogP contribution in [0.25, 0.3) is 0 Å². The molecule has 1 aromatic rings. The number of nitrogen functional groups attached to an aromatic ring is 1. The predicted octanol–water partition coefficient (Wildman–Crippen LogP) is 0.720. The largest absolute Gasteiger partial charge is 0.382 e. The minimum absolute atomic E-state index is 0.0812. The zero-order valence-electron chi connectivity index (χ0n) is 11.3. The Labute approximate surface area is 117 Å². The molecular weight excluding hydrogens is 258 g/mol. The Morgan fingerprint density at radius 3 is 2.65 bits per heavy atom. The van der Waals surface area contributed by atoms with Crippen molar-refractivity contribution in [3.63, 3.8) is 0 Å². The molecule has 1 saturated heterocycles. The maximum atomic E-state index is 12.5. The van der Waals surface area contributed by atoms with Crippen molar-refractivity contribution < 1.29 is 9.59 Å².